The lowest BCUT2D eigenvalue weighted by molar-refractivity contribution is -0.137. The van der Waals surface area contributed by atoms with E-state index in [-0.39, 0.29) is 9.77 Å². The highest BCUT2D eigenvalue weighted by Gasteiger charge is 2.32. The fraction of sp³-hybridized carbons (Fsp3) is 0.0833. The van der Waals surface area contributed by atoms with Crippen LogP contribution < -0.4 is 4.83 Å². The average Bonchev–Trinajstić information content (AvgIpc) is 2.92. The van der Waals surface area contributed by atoms with E-state index in [2.05, 4.69) is 5.10 Å². The molecule has 1 heterocycles. The zero-order valence-electron chi connectivity index (χ0n) is 10.3. The van der Waals surface area contributed by atoms with Crippen LogP contribution in [0.4, 0.5) is 13.2 Å². The molecule has 0 saturated heterocycles. The van der Waals surface area contributed by atoms with Gasteiger partial charge in [0.15, 0.2) is 0 Å². The first-order valence-electron chi connectivity index (χ1n) is 5.55. The van der Waals surface area contributed by atoms with Crippen LogP contribution in [0.2, 0.25) is 0 Å². The molecule has 0 bridgehead atoms. The second kappa shape index (κ2) is 5.86. The van der Waals surface area contributed by atoms with Gasteiger partial charge in [0.2, 0.25) is 0 Å². The lowest BCUT2D eigenvalue weighted by Crippen LogP contribution is -2.17. The molecule has 112 valence electrons. The summed E-state index contributed by atoms with van der Waals surface area (Å²) >= 11 is 0.979. The average molecular weight is 334 g/mol. The number of hydrogen-bond donors (Lipinski definition) is 1. The molecule has 21 heavy (non-hydrogen) atoms. The fourth-order valence-electron chi connectivity index (χ4n) is 1.49. The van der Waals surface area contributed by atoms with E-state index in [9.17, 15) is 21.6 Å². The number of thiophene rings is 1. The Hall–Kier alpha value is -1.87. The van der Waals surface area contributed by atoms with Crippen LogP contribution in [-0.2, 0) is 16.2 Å². The quantitative estimate of drug-likeness (QED) is 0.690. The Kier molecular flexibility index (Phi) is 4.33. The maximum atomic E-state index is 12.7. The minimum atomic E-state index is -4.53. The Morgan fingerprint density at radius 3 is 2.48 bits per heavy atom. The second-order valence-corrected chi connectivity index (χ2v) is 6.71. The highest BCUT2D eigenvalue weighted by molar-refractivity contribution is 7.91. The van der Waals surface area contributed by atoms with Crippen molar-refractivity contribution in [2.24, 2.45) is 5.10 Å². The molecule has 0 amide bonds. The molecule has 2 rings (SSSR count). The monoisotopic (exact) mass is 334 g/mol. The van der Waals surface area contributed by atoms with E-state index in [4.69, 9.17) is 0 Å². The number of sulfonamides is 1. The molecule has 0 fully saturated rings. The number of nitrogens with one attached hydrogen (secondary N) is 1. The van der Waals surface area contributed by atoms with Crippen molar-refractivity contribution in [3.8, 4) is 0 Å². The molecular formula is C12H9F3N2O2S2. The van der Waals surface area contributed by atoms with Crippen LogP contribution in [0.1, 0.15) is 11.1 Å². The number of benzene rings is 1. The normalized spacial score (nSPS) is 12.7. The topological polar surface area (TPSA) is 58.5 Å². The molecule has 0 atom stereocenters. The minimum absolute atomic E-state index is 0.0313. The second-order valence-electron chi connectivity index (χ2n) is 3.87. The van der Waals surface area contributed by atoms with Gasteiger partial charge in [0, 0.05) is 5.56 Å². The molecule has 1 N–H and O–H groups in total. The van der Waals surface area contributed by atoms with Crippen LogP contribution in [0.25, 0.3) is 0 Å². The highest BCUT2D eigenvalue weighted by atomic mass is 32.2. The van der Waals surface area contributed by atoms with E-state index in [0.717, 1.165) is 23.6 Å². The summed E-state index contributed by atoms with van der Waals surface area (Å²) < 4.78 is 61.7. The van der Waals surface area contributed by atoms with E-state index in [1.54, 1.807) is 11.4 Å². The SMILES string of the molecule is O=S(=O)(N/N=C/c1ccccc1C(F)(F)F)c1cccs1. The number of nitrogens with zero attached hydrogens (tertiary/aromatic N) is 1. The Morgan fingerprint density at radius 1 is 1.14 bits per heavy atom. The third-order valence-electron chi connectivity index (χ3n) is 2.40. The van der Waals surface area contributed by atoms with E-state index in [1.165, 1.54) is 24.3 Å². The van der Waals surface area contributed by atoms with Crippen molar-refractivity contribution in [3.05, 3.63) is 52.9 Å². The van der Waals surface area contributed by atoms with Crippen molar-refractivity contribution in [1.82, 2.24) is 4.83 Å². The first-order valence-corrected chi connectivity index (χ1v) is 7.91. The predicted octanol–water partition coefficient (Wildman–Crippen LogP) is 3.08. The predicted molar refractivity (Wildman–Crippen MR) is 73.7 cm³/mol. The molecule has 0 aliphatic carbocycles. The number of hydrazone groups is 1. The summed E-state index contributed by atoms with van der Waals surface area (Å²) in [4.78, 5) is 1.87. The van der Waals surface area contributed by atoms with Crippen LogP contribution >= 0.6 is 11.3 Å². The van der Waals surface area contributed by atoms with Gasteiger partial charge in [-0.15, -0.1) is 11.3 Å². The molecule has 0 unspecified atom stereocenters. The number of hydrogen-bond acceptors (Lipinski definition) is 4. The largest absolute Gasteiger partial charge is 0.417 e. The molecule has 0 spiro atoms. The van der Waals surface area contributed by atoms with Crippen molar-refractivity contribution >= 4 is 27.6 Å². The number of alkyl halides is 3. The molecule has 0 aliphatic rings. The van der Waals surface area contributed by atoms with Crippen LogP contribution in [0.15, 0.2) is 51.1 Å². The molecule has 0 aliphatic heterocycles. The first kappa shape index (κ1) is 15.5. The number of halogens is 3. The minimum Gasteiger partial charge on any atom is -0.199 e. The summed E-state index contributed by atoms with van der Waals surface area (Å²) in [5.74, 6) is 0. The molecular weight excluding hydrogens is 325 g/mol. The molecule has 9 heteroatoms. The van der Waals surface area contributed by atoms with Crippen LogP contribution in [0, 0.1) is 0 Å². The smallest absolute Gasteiger partial charge is 0.199 e. The van der Waals surface area contributed by atoms with Gasteiger partial charge in [-0.1, -0.05) is 24.3 Å². The lowest BCUT2D eigenvalue weighted by Gasteiger charge is -2.09. The van der Waals surface area contributed by atoms with Gasteiger partial charge in [-0.3, -0.25) is 0 Å². The van der Waals surface area contributed by atoms with Gasteiger partial charge in [-0.25, -0.2) is 0 Å². The third kappa shape index (κ3) is 3.82. The van der Waals surface area contributed by atoms with E-state index in [0.29, 0.717) is 0 Å². The summed E-state index contributed by atoms with van der Waals surface area (Å²) in [7, 11) is -3.85. The summed E-state index contributed by atoms with van der Waals surface area (Å²) in [5.41, 5.74) is -1.11. The van der Waals surface area contributed by atoms with Gasteiger partial charge < -0.3 is 0 Å². The zero-order valence-corrected chi connectivity index (χ0v) is 12.0. The van der Waals surface area contributed by atoms with Gasteiger partial charge in [0.25, 0.3) is 10.0 Å². The molecule has 4 nitrogen and oxygen atoms in total. The fourth-order valence-corrected chi connectivity index (χ4v) is 3.27. The van der Waals surface area contributed by atoms with E-state index < -0.39 is 21.8 Å². The van der Waals surface area contributed by atoms with Crippen molar-refractivity contribution in [3.63, 3.8) is 0 Å². The Bertz CT molecular complexity index is 738. The van der Waals surface area contributed by atoms with Gasteiger partial charge in [0.1, 0.15) is 4.21 Å². The summed E-state index contributed by atoms with van der Waals surface area (Å²) in [6.07, 6.45) is -3.71. The molecule has 2 aromatic rings. The van der Waals surface area contributed by atoms with Crippen molar-refractivity contribution in [2.45, 2.75) is 10.4 Å². The Labute approximate surface area is 123 Å². The van der Waals surface area contributed by atoms with E-state index in [1.807, 2.05) is 4.83 Å². The lowest BCUT2D eigenvalue weighted by atomic mass is 10.1. The summed E-state index contributed by atoms with van der Waals surface area (Å²) in [5, 5.41) is 4.95. The molecule has 1 aromatic carbocycles. The Morgan fingerprint density at radius 2 is 1.86 bits per heavy atom. The van der Waals surface area contributed by atoms with Crippen molar-refractivity contribution in [1.29, 1.82) is 0 Å². The highest BCUT2D eigenvalue weighted by Crippen LogP contribution is 2.31. The van der Waals surface area contributed by atoms with Gasteiger partial charge in [0.05, 0.1) is 11.8 Å². The molecule has 0 saturated carbocycles. The maximum absolute atomic E-state index is 12.7. The van der Waals surface area contributed by atoms with Crippen LogP contribution in [0.5, 0.6) is 0 Å². The van der Waals surface area contributed by atoms with Crippen LogP contribution in [0.3, 0.4) is 0 Å². The third-order valence-corrected chi connectivity index (χ3v) is 5.02. The first-order chi connectivity index (χ1) is 9.81. The molecule has 0 radical (unpaired) electrons. The van der Waals surface area contributed by atoms with Crippen molar-refractivity contribution < 1.29 is 21.6 Å². The zero-order chi connectivity index (χ0) is 15.5. The number of rotatable bonds is 4. The summed E-state index contributed by atoms with van der Waals surface area (Å²) in [6, 6.07) is 7.66. The van der Waals surface area contributed by atoms with Gasteiger partial charge >= 0.3 is 6.18 Å². The van der Waals surface area contributed by atoms with Crippen molar-refractivity contribution in [2.75, 3.05) is 0 Å². The summed E-state index contributed by atoms with van der Waals surface area (Å²) in [6.45, 7) is 0. The van der Waals surface area contributed by atoms with Crippen LogP contribution in [-0.4, -0.2) is 14.6 Å². The molecule has 1 aromatic heterocycles. The maximum Gasteiger partial charge on any atom is 0.417 e. The Balaban J connectivity index is 2.20. The van der Waals surface area contributed by atoms with Gasteiger partial charge in [-0.2, -0.15) is 31.5 Å². The standard InChI is InChI=1S/C12H9F3N2O2S2/c13-12(14,15)10-5-2-1-4-9(10)8-16-17-21(18,19)11-6-3-7-20-11/h1-8,17H/b16-8+. The van der Waals surface area contributed by atoms with E-state index >= 15 is 0 Å². The van der Waals surface area contributed by atoms with Gasteiger partial charge in [-0.05, 0) is 17.5 Å².